The number of esters is 2. The van der Waals surface area contributed by atoms with Crippen LogP contribution in [0.3, 0.4) is 0 Å². The number of carbonyl (C=O) groups excluding carboxylic acids is 3. The normalized spacial score (nSPS) is 20.7. The minimum absolute atomic E-state index is 0.0263. The van der Waals surface area contributed by atoms with Gasteiger partial charge < -0.3 is 33.7 Å². The first-order valence-corrected chi connectivity index (χ1v) is 14.9. The Balaban J connectivity index is 1.75. The molecule has 11 heteroatoms. The van der Waals surface area contributed by atoms with E-state index in [1.54, 1.807) is 6.92 Å². The van der Waals surface area contributed by atoms with Crippen LogP contribution in [-0.4, -0.2) is 68.2 Å². The molecule has 1 saturated heterocycles. The lowest BCUT2D eigenvalue weighted by atomic mass is 9.86. The third-order valence-electron chi connectivity index (χ3n) is 7.17. The van der Waals surface area contributed by atoms with Gasteiger partial charge in [-0.25, -0.2) is 14.6 Å². The Bertz CT molecular complexity index is 1170. The molecule has 0 bridgehead atoms. The Morgan fingerprint density at radius 2 is 1.91 bits per heavy atom. The lowest BCUT2D eigenvalue weighted by Gasteiger charge is -2.32. The van der Waals surface area contributed by atoms with E-state index in [2.05, 4.69) is 24.1 Å². The maximum atomic E-state index is 13.4. The standard InChI is InChI=1S/C32H44N2O9/c1-6-39-19-27(35)40-20-41-30-26(38-5)17-18-33-28(30)31(36)34-25-14-10-11-23(16-15-21(2)3)29(22(4)42-32(25)37)43-24-12-8-7-9-13-24/h7-9,12-13,17-18,21-23,25,29H,6,10-11,14-16,19-20H2,1-5H3,(H,34,36)/t22-,23+,25-,29-/m0/s1. The number of rotatable bonds is 14. The molecule has 1 aliphatic heterocycles. The summed E-state index contributed by atoms with van der Waals surface area (Å²) >= 11 is 0. The van der Waals surface area contributed by atoms with Gasteiger partial charge in [0, 0.05) is 18.9 Å². The highest BCUT2D eigenvalue weighted by Crippen LogP contribution is 2.32. The predicted molar refractivity (Wildman–Crippen MR) is 158 cm³/mol. The lowest BCUT2D eigenvalue weighted by Crippen LogP contribution is -2.45. The summed E-state index contributed by atoms with van der Waals surface area (Å²) in [6, 6.07) is 10.1. The Morgan fingerprint density at radius 1 is 1.14 bits per heavy atom. The van der Waals surface area contributed by atoms with Crippen molar-refractivity contribution in [2.75, 3.05) is 27.1 Å². The molecule has 1 aromatic carbocycles. The molecule has 236 valence electrons. The van der Waals surface area contributed by atoms with Crippen molar-refractivity contribution in [3.05, 3.63) is 48.3 Å². The Labute approximate surface area is 253 Å². The Kier molecular flexibility index (Phi) is 13.5. The van der Waals surface area contributed by atoms with Crippen LogP contribution in [0.5, 0.6) is 17.2 Å². The smallest absolute Gasteiger partial charge is 0.334 e. The van der Waals surface area contributed by atoms with Crippen molar-refractivity contribution < 1.29 is 42.8 Å². The molecule has 0 spiro atoms. The second-order valence-electron chi connectivity index (χ2n) is 10.8. The van der Waals surface area contributed by atoms with Crippen molar-refractivity contribution in [2.45, 2.75) is 78.0 Å². The molecule has 0 unspecified atom stereocenters. The van der Waals surface area contributed by atoms with Crippen LogP contribution < -0.4 is 19.5 Å². The summed E-state index contributed by atoms with van der Waals surface area (Å²) in [4.78, 5) is 42.7. The summed E-state index contributed by atoms with van der Waals surface area (Å²) in [5.41, 5.74) is -0.124. The molecule has 43 heavy (non-hydrogen) atoms. The molecule has 1 amide bonds. The van der Waals surface area contributed by atoms with Crippen LogP contribution in [0.25, 0.3) is 0 Å². The molecule has 1 aromatic heterocycles. The minimum Gasteiger partial charge on any atom is -0.493 e. The van der Waals surface area contributed by atoms with Gasteiger partial charge in [-0.2, -0.15) is 0 Å². The molecule has 0 aliphatic carbocycles. The summed E-state index contributed by atoms with van der Waals surface area (Å²) in [5, 5.41) is 2.77. The van der Waals surface area contributed by atoms with Gasteiger partial charge in [0.15, 0.2) is 17.2 Å². The van der Waals surface area contributed by atoms with Crippen LogP contribution in [0.15, 0.2) is 42.6 Å². The fraction of sp³-hybridized carbons (Fsp3) is 0.562. The fourth-order valence-corrected chi connectivity index (χ4v) is 4.92. The number of nitrogens with one attached hydrogen (secondary N) is 1. The zero-order valence-corrected chi connectivity index (χ0v) is 25.7. The highest BCUT2D eigenvalue weighted by atomic mass is 16.7. The number of carbonyl (C=O) groups is 3. The van der Waals surface area contributed by atoms with E-state index in [0.717, 1.165) is 19.3 Å². The van der Waals surface area contributed by atoms with Crippen LogP contribution in [0.1, 0.15) is 70.3 Å². The molecule has 2 heterocycles. The molecule has 4 atom stereocenters. The van der Waals surface area contributed by atoms with Crippen molar-refractivity contribution in [3.8, 4) is 17.2 Å². The van der Waals surface area contributed by atoms with E-state index in [1.807, 2.05) is 37.3 Å². The topological polar surface area (TPSA) is 132 Å². The highest BCUT2D eigenvalue weighted by molar-refractivity contribution is 5.98. The number of cyclic esters (lactones) is 1. The number of hydrogen-bond donors (Lipinski definition) is 1. The second-order valence-corrected chi connectivity index (χ2v) is 10.8. The predicted octanol–water partition coefficient (Wildman–Crippen LogP) is 4.72. The van der Waals surface area contributed by atoms with E-state index in [0.29, 0.717) is 31.1 Å². The maximum Gasteiger partial charge on any atom is 0.334 e. The van der Waals surface area contributed by atoms with Gasteiger partial charge in [-0.15, -0.1) is 0 Å². The van der Waals surface area contributed by atoms with Crippen molar-refractivity contribution in [1.29, 1.82) is 0 Å². The van der Waals surface area contributed by atoms with E-state index in [4.69, 9.17) is 28.4 Å². The number of methoxy groups -OCH3 is 1. The average molecular weight is 601 g/mol. The lowest BCUT2D eigenvalue weighted by molar-refractivity contribution is -0.156. The number of amides is 1. The van der Waals surface area contributed by atoms with Crippen molar-refractivity contribution >= 4 is 17.8 Å². The van der Waals surface area contributed by atoms with E-state index >= 15 is 0 Å². The van der Waals surface area contributed by atoms with Gasteiger partial charge in [0.05, 0.1) is 7.11 Å². The summed E-state index contributed by atoms with van der Waals surface area (Å²) in [5.74, 6) is -0.255. The van der Waals surface area contributed by atoms with Gasteiger partial charge in [-0.3, -0.25) is 4.79 Å². The van der Waals surface area contributed by atoms with Gasteiger partial charge in [0.1, 0.15) is 30.6 Å². The van der Waals surface area contributed by atoms with E-state index in [9.17, 15) is 14.4 Å². The van der Waals surface area contributed by atoms with Gasteiger partial charge in [0.25, 0.3) is 5.91 Å². The van der Waals surface area contributed by atoms with Crippen LogP contribution in [0, 0.1) is 11.8 Å². The molecule has 1 fully saturated rings. The quantitative estimate of drug-likeness (QED) is 0.240. The molecule has 11 nitrogen and oxygen atoms in total. The molecule has 3 rings (SSSR count). The number of nitrogens with zero attached hydrogens (tertiary/aromatic N) is 1. The molecule has 0 saturated carbocycles. The molecular weight excluding hydrogens is 556 g/mol. The van der Waals surface area contributed by atoms with Crippen LogP contribution in [0.4, 0.5) is 0 Å². The van der Waals surface area contributed by atoms with E-state index in [1.165, 1.54) is 19.4 Å². The zero-order chi connectivity index (χ0) is 31.2. The molecule has 1 N–H and O–H groups in total. The number of ether oxygens (including phenoxy) is 6. The number of aromatic nitrogens is 1. The third-order valence-corrected chi connectivity index (χ3v) is 7.17. The van der Waals surface area contributed by atoms with Crippen molar-refractivity contribution in [2.24, 2.45) is 11.8 Å². The summed E-state index contributed by atoms with van der Waals surface area (Å²) in [6.45, 7) is 7.61. The SMILES string of the molecule is CCOCC(=O)OCOc1c(OC)ccnc1C(=O)N[C@H]1CCC[C@H](CCC(C)C)[C@@H](Oc2ccccc2)[C@H](C)OC1=O. The number of hydrogen-bond acceptors (Lipinski definition) is 10. The first-order valence-electron chi connectivity index (χ1n) is 14.9. The molecule has 0 radical (unpaired) electrons. The fourth-order valence-electron chi connectivity index (χ4n) is 4.92. The number of pyridine rings is 1. The van der Waals surface area contributed by atoms with Gasteiger partial charge in [-0.1, -0.05) is 44.9 Å². The summed E-state index contributed by atoms with van der Waals surface area (Å²) in [6.07, 6.45) is 4.29. The minimum atomic E-state index is -0.916. The van der Waals surface area contributed by atoms with Gasteiger partial charge in [0.2, 0.25) is 6.79 Å². The largest absolute Gasteiger partial charge is 0.493 e. The second kappa shape index (κ2) is 17.3. The molecule has 1 aliphatic rings. The average Bonchev–Trinajstić information content (AvgIpc) is 3.04. The van der Waals surface area contributed by atoms with Crippen LogP contribution >= 0.6 is 0 Å². The molecule has 2 aromatic rings. The monoisotopic (exact) mass is 600 g/mol. The van der Waals surface area contributed by atoms with Crippen LogP contribution in [0.2, 0.25) is 0 Å². The highest BCUT2D eigenvalue weighted by Gasteiger charge is 2.36. The first kappa shape index (κ1) is 33.6. The zero-order valence-electron chi connectivity index (χ0n) is 25.7. The van der Waals surface area contributed by atoms with E-state index in [-0.39, 0.29) is 35.8 Å². The van der Waals surface area contributed by atoms with Crippen molar-refractivity contribution in [3.63, 3.8) is 0 Å². The van der Waals surface area contributed by atoms with Gasteiger partial charge >= 0.3 is 11.9 Å². The van der Waals surface area contributed by atoms with Crippen molar-refractivity contribution in [1.82, 2.24) is 10.3 Å². The molecular formula is C32H44N2O9. The Morgan fingerprint density at radius 3 is 2.60 bits per heavy atom. The first-order chi connectivity index (χ1) is 20.7. The summed E-state index contributed by atoms with van der Waals surface area (Å²) < 4.78 is 33.3. The Hall–Kier alpha value is -3.86. The summed E-state index contributed by atoms with van der Waals surface area (Å²) in [7, 11) is 1.41. The van der Waals surface area contributed by atoms with E-state index < -0.39 is 36.8 Å². The third kappa shape index (κ3) is 10.4. The van der Waals surface area contributed by atoms with Crippen LogP contribution in [-0.2, 0) is 23.8 Å². The number of benzene rings is 1. The van der Waals surface area contributed by atoms with Gasteiger partial charge in [-0.05, 0) is 57.1 Å². The maximum absolute atomic E-state index is 13.4. The number of para-hydroxylation sites is 1.